The van der Waals surface area contributed by atoms with E-state index in [9.17, 15) is 8.76 Å². The number of nitriles is 1. The molecule has 0 bridgehead atoms. The topological polar surface area (TPSA) is 76.4 Å². The Bertz CT molecular complexity index is 632. The highest BCUT2D eigenvalue weighted by atomic mass is 35.5. The van der Waals surface area contributed by atoms with Crippen LogP contribution in [0.2, 0.25) is 5.02 Å². The predicted octanol–water partition coefficient (Wildman–Crippen LogP) is 3.17. The summed E-state index contributed by atoms with van der Waals surface area (Å²) in [6.07, 6.45) is 0.899. The van der Waals surface area contributed by atoms with Crippen LogP contribution in [0, 0.1) is 24.2 Å². The fraction of sp³-hybridized carbons (Fsp3) is 0.533. The van der Waals surface area contributed by atoms with Crippen LogP contribution in [-0.2, 0) is 11.3 Å². The lowest BCUT2D eigenvalue weighted by molar-refractivity contribution is 0.314. The van der Waals surface area contributed by atoms with Gasteiger partial charge < -0.3 is 5.32 Å². The Kier molecular flexibility index (Phi) is 5.45. The minimum atomic E-state index is -1.96. The van der Waals surface area contributed by atoms with Crippen molar-refractivity contribution in [3.05, 3.63) is 28.3 Å². The van der Waals surface area contributed by atoms with Crippen LogP contribution in [0.5, 0.6) is 0 Å². The van der Waals surface area contributed by atoms with Crippen LogP contribution in [0.3, 0.4) is 0 Å². The van der Waals surface area contributed by atoms with E-state index in [-0.39, 0.29) is 12.1 Å². The molecule has 1 aliphatic rings. The molecule has 1 heterocycles. The van der Waals surface area contributed by atoms with Gasteiger partial charge in [-0.05, 0) is 43.9 Å². The second kappa shape index (κ2) is 6.97. The van der Waals surface area contributed by atoms with E-state index in [0.717, 1.165) is 17.7 Å². The average Bonchev–Trinajstić information content (AvgIpc) is 2.86. The number of nitrogens with zero attached hydrogens (tertiary/aromatic N) is 2. The smallest absolute Gasteiger partial charge is 0.234 e. The van der Waals surface area contributed by atoms with Crippen LogP contribution in [0.4, 0.5) is 5.69 Å². The van der Waals surface area contributed by atoms with E-state index in [1.165, 1.54) is 0 Å². The third-order valence-corrected chi connectivity index (χ3v) is 5.64. The van der Waals surface area contributed by atoms with Crippen LogP contribution in [0.15, 0.2) is 12.1 Å². The molecule has 7 heteroatoms. The maximum absolute atomic E-state index is 11.5. The number of anilines is 1. The summed E-state index contributed by atoms with van der Waals surface area (Å²) in [6.45, 7) is 6.57. The highest BCUT2D eigenvalue weighted by molar-refractivity contribution is 7.76. The van der Waals surface area contributed by atoms with Gasteiger partial charge in [-0.2, -0.15) is 9.57 Å². The quantitative estimate of drug-likeness (QED) is 0.825. The molecule has 120 valence electrons. The molecule has 1 aromatic carbocycles. The Labute approximate surface area is 138 Å². The van der Waals surface area contributed by atoms with Crippen LogP contribution < -0.4 is 5.32 Å². The van der Waals surface area contributed by atoms with Gasteiger partial charge in [-0.3, -0.25) is 4.55 Å². The van der Waals surface area contributed by atoms with Crippen molar-refractivity contribution in [2.75, 3.05) is 11.9 Å². The summed E-state index contributed by atoms with van der Waals surface area (Å²) in [4.78, 5) is 0. The van der Waals surface area contributed by atoms with Crippen molar-refractivity contribution >= 4 is 28.6 Å². The first-order chi connectivity index (χ1) is 10.4. The van der Waals surface area contributed by atoms with E-state index < -0.39 is 11.3 Å². The molecular weight excluding hydrogens is 322 g/mol. The molecule has 1 saturated heterocycles. The first-order valence-corrected chi connectivity index (χ1v) is 8.64. The molecule has 1 aromatic rings. The summed E-state index contributed by atoms with van der Waals surface area (Å²) in [6, 6.07) is 5.53. The minimum Gasteiger partial charge on any atom is -0.381 e. The molecule has 0 amide bonds. The Morgan fingerprint density at radius 3 is 2.86 bits per heavy atom. The van der Waals surface area contributed by atoms with Crippen molar-refractivity contribution in [2.45, 2.75) is 39.3 Å². The molecule has 0 aliphatic carbocycles. The fourth-order valence-corrected chi connectivity index (χ4v) is 4.18. The second-order valence-corrected chi connectivity index (χ2v) is 7.08. The Morgan fingerprint density at radius 1 is 1.59 bits per heavy atom. The SMILES string of the molecule is Cc1c(N[C@@H](C)[C@@H]2[C@@H](C)CCN2S(=O)O)ccc(C#N)c1Cl. The molecule has 1 aliphatic heterocycles. The van der Waals surface area contributed by atoms with E-state index in [2.05, 4.69) is 18.3 Å². The van der Waals surface area contributed by atoms with Gasteiger partial charge in [0.2, 0.25) is 11.3 Å². The third kappa shape index (κ3) is 3.28. The summed E-state index contributed by atoms with van der Waals surface area (Å²) in [7, 11) is 0. The molecular formula is C15H20ClN3O2S. The summed E-state index contributed by atoms with van der Waals surface area (Å²) in [5.41, 5.74) is 2.11. The monoisotopic (exact) mass is 341 g/mol. The van der Waals surface area contributed by atoms with E-state index >= 15 is 0 Å². The largest absolute Gasteiger partial charge is 0.381 e. The van der Waals surface area contributed by atoms with Gasteiger partial charge in [-0.15, -0.1) is 0 Å². The number of rotatable bonds is 4. The summed E-state index contributed by atoms with van der Waals surface area (Å²) < 4.78 is 22.5. The first-order valence-electron chi connectivity index (χ1n) is 7.20. The molecule has 0 radical (unpaired) electrons. The van der Waals surface area contributed by atoms with Crippen LogP contribution in [-0.4, -0.2) is 31.7 Å². The number of halogens is 1. The van der Waals surface area contributed by atoms with Crippen molar-refractivity contribution in [1.82, 2.24) is 4.31 Å². The first kappa shape index (κ1) is 17.2. The summed E-state index contributed by atoms with van der Waals surface area (Å²) >= 11 is 4.23. The molecule has 2 N–H and O–H groups in total. The van der Waals surface area contributed by atoms with Crippen molar-refractivity contribution in [1.29, 1.82) is 5.26 Å². The molecule has 0 saturated carbocycles. The zero-order valence-corrected chi connectivity index (χ0v) is 14.4. The maximum Gasteiger partial charge on any atom is 0.234 e. The zero-order valence-electron chi connectivity index (χ0n) is 12.8. The Balaban J connectivity index is 2.22. The van der Waals surface area contributed by atoms with Gasteiger partial charge >= 0.3 is 0 Å². The van der Waals surface area contributed by atoms with Crippen molar-refractivity contribution in [2.24, 2.45) is 5.92 Å². The van der Waals surface area contributed by atoms with Gasteiger partial charge in [0.25, 0.3) is 0 Å². The molecule has 4 atom stereocenters. The molecule has 5 nitrogen and oxygen atoms in total. The number of nitrogens with one attached hydrogen (secondary N) is 1. The van der Waals surface area contributed by atoms with E-state index in [0.29, 0.717) is 23.0 Å². The Morgan fingerprint density at radius 2 is 2.27 bits per heavy atom. The third-order valence-electron chi connectivity index (χ3n) is 4.32. The van der Waals surface area contributed by atoms with Gasteiger partial charge in [-0.1, -0.05) is 18.5 Å². The van der Waals surface area contributed by atoms with Crippen LogP contribution >= 0.6 is 11.6 Å². The highest BCUT2D eigenvalue weighted by Crippen LogP contribution is 2.31. The van der Waals surface area contributed by atoms with Crippen molar-refractivity contribution in [3.8, 4) is 6.07 Å². The summed E-state index contributed by atoms with van der Waals surface area (Å²) in [5.74, 6) is 0.327. The fourth-order valence-electron chi connectivity index (χ4n) is 3.12. The lowest BCUT2D eigenvalue weighted by Crippen LogP contribution is -2.44. The molecule has 0 spiro atoms. The molecule has 0 aromatic heterocycles. The van der Waals surface area contributed by atoms with Gasteiger partial charge in [0.1, 0.15) is 6.07 Å². The van der Waals surface area contributed by atoms with Gasteiger partial charge in [0.15, 0.2) is 0 Å². The second-order valence-electron chi connectivity index (χ2n) is 5.77. The van der Waals surface area contributed by atoms with Gasteiger partial charge in [0, 0.05) is 24.3 Å². The molecule has 1 unspecified atom stereocenters. The highest BCUT2D eigenvalue weighted by Gasteiger charge is 2.38. The van der Waals surface area contributed by atoms with E-state index in [1.54, 1.807) is 10.4 Å². The standard InChI is InChI=1S/C15H20ClN3O2S/c1-9-6-7-19(22(20)21)15(9)11(3)18-13-5-4-12(8-17)14(16)10(13)2/h4-5,9,11,15,18H,6-7H2,1-3H3,(H,20,21)/t9-,11-,15-/m0/s1. The van der Waals surface area contributed by atoms with Crippen molar-refractivity contribution in [3.63, 3.8) is 0 Å². The van der Waals surface area contributed by atoms with Crippen LogP contribution in [0.1, 0.15) is 31.4 Å². The molecule has 2 rings (SSSR count). The number of benzene rings is 1. The summed E-state index contributed by atoms with van der Waals surface area (Å²) in [5, 5.41) is 12.8. The van der Waals surface area contributed by atoms with Crippen LogP contribution in [0.25, 0.3) is 0 Å². The number of hydrogen-bond donors (Lipinski definition) is 2. The van der Waals surface area contributed by atoms with E-state index in [1.807, 2.05) is 19.9 Å². The zero-order chi connectivity index (χ0) is 16.4. The predicted molar refractivity (Wildman–Crippen MR) is 89.0 cm³/mol. The maximum atomic E-state index is 11.5. The molecule has 22 heavy (non-hydrogen) atoms. The van der Waals surface area contributed by atoms with E-state index in [4.69, 9.17) is 16.9 Å². The minimum absolute atomic E-state index is 0.0173. The number of hydrogen-bond acceptors (Lipinski definition) is 3. The average molecular weight is 342 g/mol. The van der Waals surface area contributed by atoms with Crippen molar-refractivity contribution < 1.29 is 8.76 Å². The Hall–Kier alpha value is -1.13. The lowest BCUT2D eigenvalue weighted by Gasteiger charge is -2.31. The van der Waals surface area contributed by atoms with Gasteiger partial charge in [-0.25, -0.2) is 4.21 Å². The lowest BCUT2D eigenvalue weighted by atomic mass is 9.97. The molecule has 1 fully saturated rings. The normalized spacial score (nSPS) is 24.7. The van der Waals surface area contributed by atoms with Gasteiger partial charge in [0.05, 0.1) is 10.6 Å².